The molecule has 1 aliphatic heterocycles. The highest BCUT2D eigenvalue weighted by atomic mass is 35.7. The van der Waals surface area contributed by atoms with E-state index in [1.807, 2.05) is 0 Å². The summed E-state index contributed by atoms with van der Waals surface area (Å²) in [5, 5.41) is -3.27. The fourth-order valence-corrected chi connectivity index (χ4v) is 3.72. The van der Waals surface area contributed by atoms with Crippen LogP contribution in [0.5, 0.6) is 0 Å². The molecule has 1 aromatic rings. The van der Waals surface area contributed by atoms with Crippen LogP contribution in [0, 0.1) is 17.8 Å². The van der Waals surface area contributed by atoms with Gasteiger partial charge in [-0.1, -0.05) is 5.92 Å². The van der Waals surface area contributed by atoms with E-state index in [0.29, 0.717) is 6.54 Å². The molecular weight excluding hydrogens is 516 g/mol. The summed E-state index contributed by atoms with van der Waals surface area (Å²) in [6.07, 6.45) is -4.94. The van der Waals surface area contributed by atoms with E-state index >= 15 is 0 Å². The van der Waals surface area contributed by atoms with E-state index in [4.69, 9.17) is 21.0 Å². The minimum Gasteiger partial charge on any atom is -0.320 e. The molecule has 2 heterocycles. The summed E-state index contributed by atoms with van der Waals surface area (Å²) in [7, 11) is -4.24. The number of terminal acetylenes is 1. The first-order chi connectivity index (χ1) is 14.4. The highest BCUT2D eigenvalue weighted by molar-refractivity contribution is 8.13. The van der Waals surface area contributed by atoms with Crippen molar-refractivity contribution < 1.29 is 47.7 Å². The first kappa shape index (κ1) is 29.8. The quantitative estimate of drug-likeness (QED) is 0.260. The molecule has 1 aliphatic rings. The molecule has 0 amide bonds. The van der Waals surface area contributed by atoms with Crippen LogP contribution >= 0.6 is 10.7 Å². The van der Waals surface area contributed by atoms with Gasteiger partial charge in [-0.15, -0.1) is 6.42 Å². The lowest BCUT2D eigenvalue weighted by Crippen LogP contribution is -2.59. The Balaban J connectivity index is 0.000000573. The number of halogens is 7. The van der Waals surface area contributed by atoms with Gasteiger partial charge in [-0.05, 0) is 18.2 Å². The lowest BCUT2D eigenvalue weighted by Gasteiger charge is -2.38. The zero-order valence-electron chi connectivity index (χ0n) is 15.4. The second kappa shape index (κ2) is 11.1. The summed E-state index contributed by atoms with van der Waals surface area (Å²) in [6.45, 7) is 0.347. The van der Waals surface area contributed by atoms with Gasteiger partial charge in [-0.2, -0.15) is 34.8 Å². The third-order valence-electron chi connectivity index (χ3n) is 3.39. The smallest absolute Gasteiger partial charge is 0.320 e. The van der Waals surface area contributed by atoms with Gasteiger partial charge in [0.15, 0.2) is 0 Å². The molecule has 32 heavy (non-hydrogen) atoms. The molecule has 0 aromatic carbocycles. The summed E-state index contributed by atoms with van der Waals surface area (Å²) in [6, 6.07) is 2.89. The maximum atomic E-state index is 12.7. The highest BCUT2D eigenvalue weighted by Crippen LogP contribution is 2.55. The molecule has 8 nitrogen and oxygen atoms in total. The molecule has 17 heteroatoms. The second-order valence-electron chi connectivity index (χ2n) is 5.45. The van der Waals surface area contributed by atoms with Gasteiger partial charge in [0.2, 0.25) is 5.41 Å². The van der Waals surface area contributed by atoms with Crippen LogP contribution in [0.3, 0.4) is 0 Å². The first-order valence-corrected chi connectivity index (χ1v) is 11.5. The summed E-state index contributed by atoms with van der Waals surface area (Å²) < 4.78 is 127. The molecule has 0 bridgehead atoms. The minimum atomic E-state index is -5.96. The molecule has 0 saturated heterocycles. The first-order valence-electron chi connectivity index (χ1n) is 7.65. The molecule has 1 aromatic heterocycles. The second-order valence-corrected chi connectivity index (χ2v) is 9.55. The van der Waals surface area contributed by atoms with Crippen LogP contribution in [0.4, 0.5) is 26.3 Å². The lowest BCUT2D eigenvalue weighted by atomic mass is 9.81. The van der Waals surface area contributed by atoms with Crippen molar-refractivity contribution in [2.24, 2.45) is 16.1 Å². The van der Waals surface area contributed by atoms with Gasteiger partial charge in [0, 0.05) is 35.5 Å². The molecule has 1 atom stereocenters. The molecule has 2 rings (SSSR count). The van der Waals surface area contributed by atoms with Gasteiger partial charge >= 0.3 is 12.4 Å². The van der Waals surface area contributed by atoms with Crippen LogP contribution in [0.25, 0.3) is 0 Å². The van der Waals surface area contributed by atoms with Crippen molar-refractivity contribution in [1.82, 2.24) is 4.98 Å². The van der Waals surface area contributed by atoms with Crippen molar-refractivity contribution in [3.05, 3.63) is 36.8 Å². The number of aliphatic imine (C=N–C) groups is 1. The molecule has 0 saturated carbocycles. The van der Waals surface area contributed by atoms with Gasteiger partial charge in [-0.3, -0.25) is 14.5 Å². The average molecular weight is 530 g/mol. The van der Waals surface area contributed by atoms with Crippen LogP contribution in [0.15, 0.2) is 46.7 Å². The Morgan fingerprint density at radius 3 is 1.94 bits per heavy atom. The Labute approximate surface area is 183 Å². The van der Waals surface area contributed by atoms with Gasteiger partial charge < -0.3 is 5.73 Å². The summed E-state index contributed by atoms with van der Waals surface area (Å²) >= 11 is 0. The Morgan fingerprint density at radius 2 is 1.69 bits per heavy atom. The minimum absolute atomic E-state index is 0.0247. The van der Waals surface area contributed by atoms with E-state index in [-0.39, 0.29) is 17.3 Å². The number of hydrogen-bond donors (Lipinski definition) is 2. The van der Waals surface area contributed by atoms with E-state index < -0.39 is 48.3 Å². The van der Waals surface area contributed by atoms with Crippen molar-refractivity contribution >= 4 is 36.1 Å². The number of allylic oxidation sites excluding steroid dienone is 1. The predicted molar refractivity (Wildman–Crippen MR) is 103 cm³/mol. The van der Waals surface area contributed by atoms with E-state index in [1.165, 1.54) is 24.5 Å². The molecule has 1 unspecified atom stereocenters. The number of nitrogens with two attached hydrogens (primary N) is 1. The molecular formula is C15H14ClF6N3O5S2. The number of nitrogens with zero attached hydrogens (tertiary/aromatic N) is 2. The van der Waals surface area contributed by atoms with Crippen molar-refractivity contribution in [1.29, 1.82) is 0 Å². The maximum Gasteiger partial charge on any atom is 0.408 e. The van der Waals surface area contributed by atoms with Crippen LogP contribution < -0.4 is 5.73 Å². The van der Waals surface area contributed by atoms with E-state index in [9.17, 15) is 43.2 Å². The molecule has 180 valence electrons. The molecule has 3 N–H and O–H groups in total. The lowest BCUT2D eigenvalue weighted by molar-refractivity contribution is -0.317. The standard InChI is InChI=1S/C7H5F6NO3S.C5H4ClNO2S.C3H5N/c8-6(9,10)5(7(11,12)13)1-2-14-3-4(5)18(15,16)17;6-10(8,9)5-2-1-3-7-4-5;1-2-3-4/h1-4H,(H,15,16,17);1-4H;1H,3-4H2. The average Bonchev–Trinajstić information content (AvgIpc) is 2.66. The zero-order valence-corrected chi connectivity index (χ0v) is 17.8. The Hall–Kier alpha value is -2.19. The normalized spacial score (nSPS) is 17.8. The largest absolute Gasteiger partial charge is 0.408 e. The predicted octanol–water partition coefficient (Wildman–Crippen LogP) is 2.54. The zero-order chi connectivity index (χ0) is 25.4. The summed E-state index contributed by atoms with van der Waals surface area (Å²) in [5.74, 6) is 2.21. The van der Waals surface area contributed by atoms with E-state index in [0.717, 1.165) is 0 Å². The van der Waals surface area contributed by atoms with Crippen LogP contribution in [0.1, 0.15) is 0 Å². The molecule has 0 aliphatic carbocycles. The maximum absolute atomic E-state index is 12.7. The molecule has 0 spiro atoms. The topological polar surface area (TPSA) is 140 Å². The van der Waals surface area contributed by atoms with Crippen molar-refractivity contribution in [3.63, 3.8) is 0 Å². The number of alkyl halides is 6. The van der Waals surface area contributed by atoms with E-state index in [2.05, 4.69) is 22.3 Å². The molecule has 0 fully saturated rings. The summed E-state index contributed by atoms with van der Waals surface area (Å²) in [4.78, 5) is 6.51. The Bertz CT molecular complexity index is 1050. The highest BCUT2D eigenvalue weighted by Gasteiger charge is 2.75. The molecule has 0 radical (unpaired) electrons. The third-order valence-corrected chi connectivity index (χ3v) is 5.86. The van der Waals surface area contributed by atoms with Gasteiger partial charge in [-0.25, -0.2) is 8.42 Å². The van der Waals surface area contributed by atoms with Crippen LogP contribution in [-0.4, -0.2) is 56.7 Å². The third kappa shape index (κ3) is 7.74. The number of hydrogen-bond acceptors (Lipinski definition) is 7. The van der Waals surface area contributed by atoms with Crippen molar-refractivity contribution in [3.8, 4) is 12.3 Å². The number of aromatic nitrogens is 1. The van der Waals surface area contributed by atoms with Crippen LogP contribution in [-0.2, 0) is 19.2 Å². The fraction of sp³-hybridized carbons (Fsp3) is 0.333. The SMILES string of the molecule is C#CCN.O=S(=O)(Cl)c1cccnc1.O=S(=O)(O)C1C=NC=CC1(C(F)(F)F)C(F)(F)F. The number of rotatable bonds is 2. The van der Waals surface area contributed by atoms with Crippen molar-refractivity contribution in [2.75, 3.05) is 6.54 Å². The van der Waals surface area contributed by atoms with Gasteiger partial charge in [0.05, 0.1) is 6.54 Å². The Morgan fingerprint density at radius 1 is 1.19 bits per heavy atom. The fourth-order valence-electron chi connectivity index (χ4n) is 1.98. The van der Waals surface area contributed by atoms with Crippen molar-refractivity contribution in [2.45, 2.75) is 22.5 Å². The number of pyridine rings is 1. The van der Waals surface area contributed by atoms with Gasteiger partial charge in [0.25, 0.3) is 19.2 Å². The summed E-state index contributed by atoms with van der Waals surface area (Å²) in [5.41, 5.74) is 0.0787. The monoisotopic (exact) mass is 529 g/mol. The van der Waals surface area contributed by atoms with E-state index in [1.54, 1.807) is 0 Å². The van der Waals surface area contributed by atoms with Gasteiger partial charge in [0.1, 0.15) is 10.1 Å². The van der Waals surface area contributed by atoms with Crippen LogP contribution in [0.2, 0.25) is 0 Å². The Kier molecular flexibility index (Phi) is 10.3.